The van der Waals surface area contributed by atoms with Gasteiger partial charge in [-0.3, -0.25) is 4.84 Å². The molecule has 0 unspecified atom stereocenters. The summed E-state index contributed by atoms with van der Waals surface area (Å²) in [5.41, 5.74) is 3.08. The maximum atomic E-state index is 14.1. The molecule has 0 bridgehead atoms. The second-order valence-electron chi connectivity index (χ2n) is 6.77. The number of halogens is 2. The van der Waals surface area contributed by atoms with Crippen LogP contribution in [-0.2, 0) is 16.2 Å². The Labute approximate surface area is 168 Å². The number of hydroxylamine groups is 2. The Bertz CT molecular complexity index is 905. The van der Waals surface area contributed by atoms with E-state index < -0.39 is 0 Å². The molecule has 4 rings (SSSR count). The van der Waals surface area contributed by atoms with Gasteiger partial charge in [-0.15, -0.1) is 0 Å². The number of allylic oxidation sites excluding steroid dienone is 1. The van der Waals surface area contributed by atoms with Gasteiger partial charge >= 0.3 is 0 Å². The van der Waals surface area contributed by atoms with Gasteiger partial charge in [-0.25, -0.2) is 14.4 Å². The SMILES string of the molecule is CCN1CC(C)=C(OCc2c(F)cccc2Cl)C2=C1N1CN(OC)C=C1C=N2. The van der Waals surface area contributed by atoms with Crippen LogP contribution in [0.2, 0.25) is 5.02 Å². The fourth-order valence-corrected chi connectivity index (χ4v) is 3.80. The monoisotopic (exact) mass is 404 g/mol. The Hall–Kier alpha value is -2.51. The first-order valence-electron chi connectivity index (χ1n) is 9.12. The second-order valence-corrected chi connectivity index (χ2v) is 7.17. The molecule has 1 aromatic carbocycles. The van der Waals surface area contributed by atoms with Crippen molar-refractivity contribution in [3.63, 3.8) is 0 Å². The van der Waals surface area contributed by atoms with E-state index in [0.29, 0.717) is 29.6 Å². The van der Waals surface area contributed by atoms with Gasteiger partial charge in [0.25, 0.3) is 0 Å². The van der Waals surface area contributed by atoms with Crippen molar-refractivity contribution in [3.8, 4) is 0 Å². The van der Waals surface area contributed by atoms with Crippen molar-refractivity contribution >= 4 is 17.8 Å². The van der Waals surface area contributed by atoms with E-state index in [1.165, 1.54) is 6.07 Å². The van der Waals surface area contributed by atoms with Crippen molar-refractivity contribution in [1.82, 2.24) is 14.9 Å². The van der Waals surface area contributed by atoms with Gasteiger partial charge < -0.3 is 14.5 Å². The van der Waals surface area contributed by atoms with Gasteiger partial charge in [0.15, 0.2) is 0 Å². The summed E-state index contributed by atoms with van der Waals surface area (Å²) < 4.78 is 20.2. The number of fused-ring (bicyclic) bond motifs is 2. The van der Waals surface area contributed by atoms with Crippen LogP contribution in [-0.4, -0.2) is 47.9 Å². The summed E-state index contributed by atoms with van der Waals surface area (Å²) in [5.74, 6) is 1.26. The molecule has 0 radical (unpaired) electrons. The maximum Gasteiger partial charge on any atom is 0.149 e. The average Bonchev–Trinajstić information content (AvgIpc) is 3.11. The van der Waals surface area contributed by atoms with Crippen LogP contribution in [0.25, 0.3) is 0 Å². The highest BCUT2D eigenvalue weighted by atomic mass is 35.5. The van der Waals surface area contributed by atoms with E-state index in [1.807, 2.05) is 13.1 Å². The number of rotatable bonds is 5. The first-order chi connectivity index (χ1) is 13.5. The van der Waals surface area contributed by atoms with Crippen LogP contribution in [0, 0.1) is 5.82 Å². The van der Waals surface area contributed by atoms with E-state index in [9.17, 15) is 4.39 Å². The third kappa shape index (κ3) is 3.14. The van der Waals surface area contributed by atoms with Gasteiger partial charge in [-0.05, 0) is 31.6 Å². The molecule has 3 heterocycles. The summed E-state index contributed by atoms with van der Waals surface area (Å²) in [4.78, 5) is 14.4. The Balaban J connectivity index is 1.67. The Morgan fingerprint density at radius 1 is 1.32 bits per heavy atom. The van der Waals surface area contributed by atoms with Crippen molar-refractivity contribution in [2.75, 3.05) is 26.9 Å². The van der Waals surface area contributed by atoms with Crippen molar-refractivity contribution in [1.29, 1.82) is 0 Å². The van der Waals surface area contributed by atoms with Crippen LogP contribution in [0.3, 0.4) is 0 Å². The van der Waals surface area contributed by atoms with E-state index in [1.54, 1.807) is 30.5 Å². The van der Waals surface area contributed by atoms with Gasteiger partial charge in [0.05, 0.1) is 30.2 Å². The lowest BCUT2D eigenvalue weighted by Crippen LogP contribution is -2.42. The van der Waals surface area contributed by atoms with Gasteiger partial charge in [0, 0.05) is 18.7 Å². The van der Waals surface area contributed by atoms with Gasteiger partial charge in [0.1, 0.15) is 36.4 Å². The molecule has 0 atom stereocenters. The molecule has 148 valence electrons. The number of aliphatic imine (C=N–C) groups is 1. The lowest BCUT2D eigenvalue weighted by Gasteiger charge is -2.40. The van der Waals surface area contributed by atoms with E-state index in [2.05, 4.69) is 21.7 Å². The molecule has 0 aliphatic carbocycles. The molecule has 0 amide bonds. The minimum absolute atomic E-state index is 0.0451. The van der Waals surface area contributed by atoms with E-state index in [-0.39, 0.29) is 12.4 Å². The quantitative estimate of drug-likeness (QED) is 0.745. The summed E-state index contributed by atoms with van der Waals surface area (Å²) in [6.45, 7) is 6.27. The maximum absolute atomic E-state index is 14.1. The topological polar surface area (TPSA) is 40.5 Å². The molecular weight excluding hydrogens is 383 g/mol. The number of hydrogen-bond acceptors (Lipinski definition) is 6. The molecule has 0 saturated carbocycles. The van der Waals surface area contributed by atoms with Crippen LogP contribution in [0.1, 0.15) is 19.4 Å². The third-order valence-electron chi connectivity index (χ3n) is 5.03. The predicted molar refractivity (Wildman–Crippen MR) is 105 cm³/mol. The number of benzene rings is 1. The number of nitrogens with zero attached hydrogens (tertiary/aromatic N) is 4. The van der Waals surface area contributed by atoms with E-state index in [4.69, 9.17) is 21.2 Å². The number of likely N-dealkylation sites (N-methyl/N-ethyl adjacent to an activating group) is 1. The standard InChI is InChI=1S/C20H22ClFN4O2/c1-4-24-9-13(2)19(28-11-15-16(21)6-5-7-17(15)22)18-20(24)26-12-25(27-3)10-14(26)8-23-18/h5-8,10H,4,9,11-12H2,1-3H3. The number of hydrogen-bond donors (Lipinski definition) is 0. The highest BCUT2D eigenvalue weighted by Crippen LogP contribution is 2.37. The average molecular weight is 405 g/mol. The summed E-state index contributed by atoms with van der Waals surface area (Å²) >= 11 is 6.15. The van der Waals surface area contributed by atoms with Gasteiger partial charge in [-0.1, -0.05) is 17.7 Å². The fourth-order valence-electron chi connectivity index (χ4n) is 3.58. The van der Waals surface area contributed by atoms with E-state index >= 15 is 0 Å². The number of ether oxygens (including phenoxy) is 1. The van der Waals surface area contributed by atoms with Crippen molar-refractivity contribution in [2.24, 2.45) is 4.99 Å². The Morgan fingerprint density at radius 3 is 2.86 bits per heavy atom. The molecule has 0 aromatic heterocycles. The zero-order chi connectivity index (χ0) is 19.8. The summed E-state index contributed by atoms with van der Waals surface area (Å²) in [6, 6.07) is 4.63. The van der Waals surface area contributed by atoms with Crippen molar-refractivity contribution in [2.45, 2.75) is 20.5 Å². The molecule has 8 heteroatoms. The highest BCUT2D eigenvalue weighted by molar-refractivity contribution is 6.31. The van der Waals surface area contributed by atoms with Crippen LogP contribution in [0.4, 0.5) is 4.39 Å². The molecular formula is C20H22ClFN4O2. The van der Waals surface area contributed by atoms with Crippen LogP contribution in [0.5, 0.6) is 0 Å². The van der Waals surface area contributed by atoms with Crippen LogP contribution in [0.15, 0.2) is 57.9 Å². The minimum atomic E-state index is -0.376. The molecule has 3 aliphatic heterocycles. The Kier molecular flexibility index (Phi) is 5.03. The largest absolute Gasteiger partial charge is 0.486 e. The lowest BCUT2D eigenvalue weighted by atomic mass is 10.1. The molecule has 0 N–H and O–H groups in total. The summed E-state index contributed by atoms with van der Waals surface area (Å²) in [6.07, 6.45) is 3.70. The predicted octanol–water partition coefficient (Wildman–Crippen LogP) is 3.84. The lowest BCUT2D eigenvalue weighted by molar-refractivity contribution is -0.0972. The summed E-state index contributed by atoms with van der Waals surface area (Å²) in [5, 5.41) is 2.10. The van der Waals surface area contributed by atoms with Crippen LogP contribution >= 0.6 is 11.6 Å². The third-order valence-corrected chi connectivity index (χ3v) is 5.39. The van der Waals surface area contributed by atoms with E-state index in [0.717, 1.165) is 29.3 Å². The van der Waals surface area contributed by atoms with Crippen molar-refractivity contribution in [3.05, 3.63) is 69.3 Å². The molecule has 0 fully saturated rings. The minimum Gasteiger partial charge on any atom is -0.486 e. The molecule has 1 aromatic rings. The van der Waals surface area contributed by atoms with Crippen molar-refractivity contribution < 1.29 is 14.0 Å². The van der Waals surface area contributed by atoms with Gasteiger partial charge in [-0.2, -0.15) is 0 Å². The molecule has 3 aliphatic rings. The first-order valence-corrected chi connectivity index (χ1v) is 9.50. The fraction of sp³-hybridized carbons (Fsp3) is 0.350. The molecule has 28 heavy (non-hydrogen) atoms. The molecule has 0 spiro atoms. The zero-order valence-electron chi connectivity index (χ0n) is 16.1. The van der Waals surface area contributed by atoms with Crippen LogP contribution < -0.4 is 0 Å². The smallest absolute Gasteiger partial charge is 0.149 e. The molecule has 6 nitrogen and oxygen atoms in total. The molecule has 0 saturated heterocycles. The Morgan fingerprint density at radius 2 is 2.14 bits per heavy atom. The normalized spacial score (nSPS) is 18.6. The summed E-state index contributed by atoms with van der Waals surface area (Å²) in [7, 11) is 1.64. The zero-order valence-corrected chi connectivity index (χ0v) is 16.8. The highest BCUT2D eigenvalue weighted by Gasteiger charge is 2.36. The van der Waals surface area contributed by atoms with Gasteiger partial charge in [0.2, 0.25) is 0 Å². The second kappa shape index (κ2) is 7.48. The first kappa shape index (κ1) is 18.8.